The molecule has 2 atom stereocenters. The fraction of sp³-hybridized carbons (Fsp3) is 0.600. The van der Waals surface area contributed by atoms with E-state index in [1.54, 1.807) is 13.8 Å². The summed E-state index contributed by atoms with van der Waals surface area (Å²) in [5, 5.41) is 10.7. The van der Waals surface area contributed by atoms with E-state index in [0.717, 1.165) is 6.26 Å². The van der Waals surface area contributed by atoms with E-state index in [9.17, 15) is 21.9 Å². The van der Waals surface area contributed by atoms with Crippen molar-refractivity contribution in [1.82, 2.24) is 4.31 Å². The molecule has 0 bridgehead atoms. The zero-order valence-electron chi connectivity index (χ0n) is 13.8. The third-order valence-electron chi connectivity index (χ3n) is 4.56. The highest BCUT2D eigenvalue weighted by Gasteiger charge is 2.49. The molecule has 2 heterocycles. The minimum absolute atomic E-state index is 0.0264. The van der Waals surface area contributed by atoms with Crippen LogP contribution >= 0.6 is 0 Å². The number of rotatable bonds is 2. The fourth-order valence-corrected chi connectivity index (χ4v) is 5.63. The third-order valence-corrected chi connectivity index (χ3v) is 7.60. The van der Waals surface area contributed by atoms with Crippen LogP contribution in [0.4, 0.5) is 0 Å². The van der Waals surface area contributed by atoms with Crippen LogP contribution in [0.15, 0.2) is 23.1 Å². The molecule has 0 saturated carbocycles. The van der Waals surface area contributed by atoms with Crippen LogP contribution in [0, 0.1) is 0 Å². The quantitative estimate of drug-likeness (QED) is 0.816. The Bertz CT molecular complexity index is 875. The van der Waals surface area contributed by atoms with Crippen molar-refractivity contribution in [2.24, 2.45) is 0 Å². The Morgan fingerprint density at radius 1 is 1.33 bits per heavy atom. The molecule has 1 N–H and O–H groups in total. The number of aliphatic hydroxyl groups is 1. The largest absolute Gasteiger partial charge is 0.485 e. The second kappa shape index (κ2) is 5.42. The van der Waals surface area contributed by atoms with Crippen LogP contribution in [0.3, 0.4) is 0 Å². The third kappa shape index (κ3) is 2.83. The van der Waals surface area contributed by atoms with Crippen LogP contribution in [0.5, 0.6) is 5.75 Å². The summed E-state index contributed by atoms with van der Waals surface area (Å²) in [5.41, 5.74) is -0.613. The number of hydrogen-bond acceptors (Lipinski definition) is 6. The minimum atomic E-state index is -3.49. The Kier molecular flexibility index (Phi) is 3.99. The van der Waals surface area contributed by atoms with Gasteiger partial charge in [0.15, 0.2) is 9.84 Å². The molecule has 0 aromatic heterocycles. The first-order valence-electron chi connectivity index (χ1n) is 7.64. The molecule has 1 aromatic rings. The first-order valence-corrected chi connectivity index (χ1v) is 11.1. The van der Waals surface area contributed by atoms with Gasteiger partial charge in [0.25, 0.3) is 0 Å². The van der Waals surface area contributed by atoms with Gasteiger partial charge in [-0.25, -0.2) is 16.8 Å². The molecule has 0 amide bonds. The predicted molar refractivity (Wildman–Crippen MR) is 88.1 cm³/mol. The SMILES string of the molecule is CC1(C)Oc2ccc(S(C)(=O)=O)cc2[C@@H](N2CCCS2(=O)=O)[C@@H]1O. The van der Waals surface area contributed by atoms with Gasteiger partial charge >= 0.3 is 0 Å². The smallest absolute Gasteiger partial charge is 0.214 e. The van der Waals surface area contributed by atoms with Gasteiger partial charge in [-0.3, -0.25) is 0 Å². The number of nitrogens with zero attached hydrogens (tertiary/aromatic N) is 1. The van der Waals surface area contributed by atoms with Crippen molar-refractivity contribution in [2.45, 2.75) is 42.9 Å². The van der Waals surface area contributed by atoms with Crippen LogP contribution in [0.25, 0.3) is 0 Å². The van der Waals surface area contributed by atoms with E-state index in [0.29, 0.717) is 24.3 Å². The summed E-state index contributed by atoms with van der Waals surface area (Å²) in [6.07, 6.45) is 0.446. The van der Waals surface area contributed by atoms with Crippen molar-refractivity contribution in [2.75, 3.05) is 18.6 Å². The highest BCUT2D eigenvalue weighted by atomic mass is 32.2. The topological polar surface area (TPSA) is 101 Å². The van der Waals surface area contributed by atoms with Crippen LogP contribution in [-0.2, 0) is 19.9 Å². The lowest BCUT2D eigenvalue weighted by Gasteiger charge is -2.44. The molecular formula is C15H21NO6S2. The molecule has 0 radical (unpaired) electrons. The zero-order chi connectivity index (χ0) is 17.9. The van der Waals surface area contributed by atoms with Gasteiger partial charge in [0.2, 0.25) is 10.0 Å². The summed E-state index contributed by atoms with van der Waals surface area (Å²) in [5.74, 6) is 0.420. The summed E-state index contributed by atoms with van der Waals surface area (Å²) in [6.45, 7) is 3.66. The molecule has 2 aliphatic rings. The highest BCUT2D eigenvalue weighted by molar-refractivity contribution is 7.90. The van der Waals surface area contributed by atoms with E-state index in [1.165, 1.54) is 22.5 Å². The molecule has 1 saturated heterocycles. The summed E-state index contributed by atoms with van der Waals surface area (Å²) in [7, 11) is -6.96. The molecule has 0 aliphatic carbocycles. The maximum absolute atomic E-state index is 12.4. The molecule has 0 unspecified atom stereocenters. The summed E-state index contributed by atoms with van der Waals surface area (Å²) in [6, 6.07) is 3.49. The standard InChI is InChI=1S/C15H21NO6S2/c1-15(2)14(17)13(16-7-4-8-24(16,20)21)11-9-10(23(3,18)19)5-6-12(11)22-15/h5-6,9,13-14,17H,4,7-8H2,1-3H3/t13-,14+/m1/s1. The van der Waals surface area contributed by atoms with Gasteiger partial charge in [0.05, 0.1) is 16.7 Å². The molecule has 1 fully saturated rings. The first kappa shape index (κ1) is 17.7. The fourth-order valence-electron chi connectivity index (χ4n) is 3.26. The second-order valence-electron chi connectivity index (χ2n) is 6.85. The van der Waals surface area contributed by atoms with Gasteiger partial charge < -0.3 is 9.84 Å². The van der Waals surface area contributed by atoms with Crippen LogP contribution in [-0.4, -0.2) is 56.5 Å². The van der Waals surface area contributed by atoms with Gasteiger partial charge in [-0.2, -0.15) is 4.31 Å². The van der Waals surface area contributed by atoms with E-state index in [4.69, 9.17) is 4.74 Å². The summed E-state index contributed by atoms with van der Waals surface area (Å²) < 4.78 is 55.5. The Hall–Kier alpha value is -1.16. The van der Waals surface area contributed by atoms with Gasteiger partial charge in [-0.15, -0.1) is 0 Å². The number of ether oxygens (including phenoxy) is 1. The average molecular weight is 375 g/mol. The van der Waals surface area contributed by atoms with Gasteiger partial charge in [-0.1, -0.05) is 0 Å². The Labute approximate surface area is 142 Å². The zero-order valence-corrected chi connectivity index (χ0v) is 15.4. The predicted octanol–water partition coefficient (Wildman–Crippen LogP) is 0.699. The van der Waals surface area contributed by atoms with Gasteiger partial charge in [-0.05, 0) is 38.5 Å². The van der Waals surface area contributed by atoms with Crippen LogP contribution < -0.4 is 4.74 Å². The van der Waals surface area contributed by atoms with Crippen LogP contribution in [0.2, 0.25) is 0 Å². The van der Waals surface area contributed by atoms with E-state index < -0.39 is 37.6 Å². The van der Waals surface area contributed by atoms with Gasteiger partial charge in [0, 0.05) is 18.4 Å². The maximum Gasteiger partial charge on any atom is 0.214 e. The minimum Gasteiger partial charge on any atom is -0.485 e. The Balaban J connectivity index is 2.21. The number of benzene rings is 1. The molecule has 0 spiro atoms. The number of aliphatic hydroxyl groups excluding tert-OH is 1. The number of sulfonamides is 1. The number of sulfone groups is 1. The molecule has 7 nitrogen and oxygen atoms in total. The van der Waals surface area contributed by atoms with E-state index in [2.05, 4.69) is 0 Å². The monoisotopic (exact) mass is 375 g/mol. The molecule has 134 valence electrons. The average Bonchev–Trinajstić information content (AvgIpc) is 2.78. The van der Waals surface area contributed by atoms with E-state index in [1.807, 2.05) is 0 Å². The second-order valence-corrected chi connectivity index (χ2v) is 10.9. The Morgan fingerprint density at radius 2 is 2.00 bits per heavy atom. The van der Waals surface area contributed by atoms with Crippen molar-refractivity contribution < 1.29 is 26.7 Å². The highest BCUT2D eigenvalue weighted by Crippen LogP contribution is 2.45. The normalized spacial score (nSPS) is 29.0. The lowest BCUT2D eigenvalue weighted by Crippen LogP contribution is -2.53. The Morgan fingerprint density at radius 3 is 2.54 bits per heavy atom. The van der Waals surface area contributed by atoms with E-state index in [-0.39, 0.29) is 10.6 Å². The van der Waals surface area contributed by atoms with E-state index >= 15 is 0 Å². The molecule has 24 heavy (non-hydrogen) atoms. The van der Waals surface area contributed by atoms with Crippen molar-refractivity contribution in [3.63, 3.8) is 0 Å². The van der Waals surface area contributed by atoms with Crippen LogP contribution in [0.1, 0.15) is 31.9 Å². The molecule has 3 rings (SSSR count). The number of hydrogen-bond donors (Lipinski definition) is 1. The van der Waals surface area contributed by atoms with Crippen molar-refractivity contribution in [1.29, 1.82) is 0 Å². The maximum atomic E-state index is 12.4. The molecule has 9 heteroatoms. The lowest BCUT2D eigenvalue weighted by atomic mass is 9.86. The lowest BCUT2D eigenvalue weighted by molar-refractivity contribution is -0.0782. The van der Waals surface area contributed by atoms with Crippen molar-refractivity contribution >= 4 is 19.9 Å². The summed E-state index contributed by atoms with van der Waals surface area (Å²) >= 11 is 0. The summed E-state index contributed by atoms with van der Waals surface area (Å²) in [4.78, 5) is 0.0679. The molecular weight excluding hydrogens is 354 g/mol. The first-order chi connectivity index (χ1) is 10.9. The number of fused-ring (bicyclic) bond motifs is 1. The van der Waals surface area contributed by atoms with Crippen molar-refractivity contribution in [3.05, 3.63) is 23.8 Å². The van der Waals surface area contributed by atoms with Gasteiger partial charge in [0.1, 0.15) is 17.5 Å². The van der Waals surface area contributed by atoms with Crippen molar-refractivity contribution in [3.8, 4) is 5.75 Å². The molecule has 2 aliphatic heterocycles. The molecule has 1 aromatic carbocycles.